The number of fused-ring (bicyclic) bond motifs is 1. The molecule has 6 rings (SSSR count). The highest BCUT2D eigenvalue weighted by Gasteiger charge is 2.48. The molecule has 3 aromatic rings. The molecule has 0 saturated carbocycles. The number of halogens is 1. The molecule has 0 unspecified atom stereocenters. The van der Waals surface area contributed by atoms with Crippen molar-refractivity contribution in [2.45, 2.75) is 45.3 Å². The highest BCUT2D eigenvalue weighted by atomic mass is 35.5. The minimum absolute atomic E-state index is 0.0972. The number of allylic oxidation sites excluding steroid dienone is 1. The van der Waals surface area contributed by atoms with Crippen molar-refractivity contribution in [1.29, 1.82) is 0 Å². The largest absolute Gasteiger partial charge is 0.487 e. The van der Waals surface area contributed by atoms with Gasteiger partial charge >= 0.3 is 0 Å². The lowest BCUT2D eigenvalue weighted by Gasteiger charge is -2.36. The summed E-state index contributed by atoms with van der Waals surface area (Å²) in [6, 6.07) is 13.4. The monoisotopic (exact) mass is 544 g/mol. The predicted octanol–water partition coefficient (Wildman–Crippen LogP) is 4.05. The summed E-state index contributed by atoms with van der Waals surface area (Å²) in [7, 11) is 0. The van der Waals surface area contributed by atoms with Gasteiger partial charge in [-0.15, -0.1) is 0 Å². The molecule has 3 aliphatic rings. The molecule has 9 heteroatoms. The fourth-order valence-corrected chi connectivity index (χ4v) is 5.86. The van der Waals surface area contributed by atoms with E-state index < -0.39 is 5.41 Å². The lowest BCUT2D eigenvalue weighted by molar-refractivity contribution is -0.130. The Hall–Kier alpha value is -3.75. The van der Waals surface area contributed by atoms with E-state index in [2.05, 4.69) is 39.5 Å². The molecule has 200 valence electrons. The number of nitrogens with one attached hydrogen (secondary N) is 1. The summed E-state index contributed by atoms with van der Waals surface area (Å²) in [5, 5.41) is 3.04. The van der Waals surface area contributed by atoms with Gasteiger partial charge in [0.25, 0.3) is 5.56 Å². The van der Waals surface area contributed by atoms with E-state index in [0.717, 1.165) is 62.3 Å². The van der Waals surface area contributed by atoms with Gasteiger partial charge in [0.2, 0.25) is 11.8 Å². The number of aromatic nitrogens is 2. The lowest BCUT2D eigenvalue weighted by Crippen LogP contribution is -2.43. The number of ether oxygens (including phenoxy) is 1. The average Bonchev–Trinajstić information content (AvgIpc) is 3.21. The molecule has 1 aromatic carbocycles. The fraction of sp³-hybridized carbons (Fsp3) is 0.333. The minimum Gasteiger partial charge on any atom is -0.487 e. The number of rotatable bonds is 6. The second kappa shape index (κ2) is 10.4. The Morgan fingerprint density at radius 3 is 2.59 bits per heavy atom. The van der Waals surface area contributed by atoms with Crippen LogP contribution in [0.3, 0.4) is 0 Å². The number of piperidine rings is 1. The molecule has 1 aliphatic carbocycles. The zero-order chi connectivity index (χ0) is 27.0. The first-order chi connectivity index (χ1) is 18.9. The van der Waals surface area contributed by atoms with Crippen molar-refractivity contribution in [3.8, 4) is 5.75 Å². The molecule has 4 heterocycles. The molecule has 2 saturated heterocycles. The van der Waals surface area contributed by atoms with Crippen molar-refractivity contribution in [1.82, 2.24) is 19.8 Å². The van der Waals surface area contributed by atoms with Gasteiger partial charge in [0.05, 0.1) is 16.1 Å². The maximum atomic E-state index is 12.9. The Bertz CT molecular complexity index is 1520. The molecular formula is C30H29ClN4O4. The van der Waals surface area contributed by atoms with E-state index in [1.165, 1.54) is 17.2 Å². The summed E-state index contributed by atoms with van der Waals surface area (Å²) in [6.45, 7) is 2.69. The second-order valence-electron chi connectivity index (χ2n) is 10.6. The van der Waals surface area contributed by atoms with Gasteiger partial charge in [-0.2, -0.15) is 0 Å². The third kappa shape index (κ3) is 5.40. The molecule has 2 aliphatic heterocycles. The summed E-state index contributed by atoms with van der Waals surface area (Å²) < 4.78 is 7.43. The van der Waals surface area contributed by atoms with Crippen LogP contribution in [-0.4, -0.2) is 39.4 Å². The number of benzene rings is 1. The van der Waals surface area contributed by atoms with Crippen LogP contribution < -0.4 is 15.6 Å². The molecule has 1 N–H and O–H groups in total. The van der Waals surface area contributed by atoms with Gasteiger partial charge in [-0.3, -0.25) is 34.2 Å². The van der Waals surface area contributed by atoms with E-state index in [1.807, 2.05) is 0 Å². The Balaban J connectivity index is 1.09. The first-order valence-corrected chi connectivity index (χ1v) is 13.6. The van der Waals surface area contributed by atoms with Gasteiger partial charge < -0.3 is 4.74 Å². The number of hydrogen-bond donors (Lipinski definition) is 1. The number of carbonyl (C=O) groups excluding carboxylic acids is 2. The minimum atomic E-state index is -0.499. The van der Waals surface area contributed by atoms with E-state index in [4.69, 9.17) is 16.3 Å². The molecule has 39 heavy (non-hydrogen) atoms. The van der Waals surface area contributed by atoms with Gasteiger partial charge in [-0.05, 0) is 79.7 Å². The second-order valence-corrected chi connectivity index (χ2v) is 11.0. The van der Waals surface area contributed by atoms with Crippen molar-refractivity contribution in [3.05, 3.63) is 92.6 Å². The van der Waals surface area contributed by atoms with Gasteiger partial charge in [-0.1, -0.05) is 29.8 Å². The molecule has 0 bridgehead atoms. The van der Waals surface area contributed by atoms with Crippen LogP contribution in [0.15, 0.2) is 59.7 Å². The number of aryl methyl sites for hydroxylation is 1. The summed E-state index contributed by atoms with van der Waals surface area (Å²) in [5.41, 5.74) is 4.69. The van der Waals surface area contributed by atoms with E-state index in [1.54, 1.807) is 35.2 Å². The number of likely N-dealkylation sites (tertiary alicyclic amines) is 1. The molecule has 2 amide bonds. The number of imide groups is 1. The van der Waals surface area contributed by atoms with Crippen LogP contribution in [0.1, 0.15) is 48.1 Å². The maximum Gasteiger partial charge on any atom is 0.258 e. The van der Waals surface area contributed by atoms with E-state index in [-0.39, 0.29) is 24.0 Å². The zero-order valence-electron chi connectivity index (χ0n) is 21.5. The number of carbonyl (C=O) groups is 2. The predicted molar refractivity (Wildman–Crippen MR) is 148 cm³/mol. The summed E-state index contributed by atoms with van der Waals surface area (Å²) in [5.74, 6) is 0.257. The Kier molecular flexibility index (Phi) is 6.83. The normalized spacial score (nSPS) is 18.5. The van der Waals surface area contributed by atoms with Crippen LogP contribution in [0.2, 0.25) is 5.02 Å². The number of pyridine rings is 2. The zero-order valence-corrected chi connectivity index (χ0v) is 22.2. The van der Waals surface area contributed by atoms with Crippen LogP contribution in [0, 0.1) is 5.41 Å². The fourth-order valence-electron chi connectivity index (χ4n) is 5.75. The molecule has 2 fully saturated rings. The van der Waals surface area contributed by atoms with Gasteiger partial charge in [-0.25, -0.2) is 0 Å². The molecule has 2 aromatic heterocycles. The van der Waals surface area contributed by atoms with Crippen molar-refractivity contribution in [2.24, 2.45) is 5.41 Å². The van der Waals surface area contributed by atoms with Gasteiger partial charge in [0.15, 0.2) is 0 Å². The lowest BCUT2D eigenvalue weighted by atomic mass is 9.77. The molecule has 0 atom stereocenters. The Morgan fingerprint density at radius 2 is 1.87 bits per heavy atom. The van der Waals surface area contributed by atoms with Crippen LogP contribution >= 0.6 is 11.6 Å². The quantitative estimate of drug-likeness (QED) is 0.471. The highest BCUT2D eigenvalue weighted by Crippen LogP contribution is 2.39. The standard InChI is InChI=1S/C30H29ClN4O4/c31-23-4-5-24(32-17-23)19-39-26-7-10-35(28(37)15-26)25-6-3-21-13-20(1-2-22(21)14-25)18-34-11-8-30(9-12-34)16-27(36)33-29(30)38/h1-2,4-5,7,10,13-15,17H,3,6,8-9,11-12,16,18-19H2,(H,33,36,38). The van der Waals surface area contributed by atoms with Crippen LogP contribution in [-0.2, 0) is 29.2 Å². The summed E-state index contributed by atoms with van der Waals surface area (Å²) >= 11 is 5.87. The third-order valence-corrected chi connectivity index (χ3v) is 8.23. The van der Waals surface area contributed by atoms with Crippen molar-refractivity contribution >= 4 is 35.2 Å². The summed E-state index contributed by atoms with van der Waals surface area (Å²) in [4.78, 5) is 43.4. The molecular weight excluding hydrogens is 516 g/mol. The third-order valence-electron chi connectivity index (χ3n) is 8.01. The smallest absolute Gasteiger partial charge is 0.258 e. The van der Waals surface area contributed by atoms with Gasteiger partial charge in [0.1, 0.15) is 12.4 Å². The van der Waals surface area contributed by atoms with Crippen LogP contribution in [0.5, 0.6) is 5.75 Å². The van der Waals surface area contributed by atoms with Crippen LogP contribution in [0.25, 0.3) is 11.8 Å². The Morgan fingerprint density at radius 1 is 1.03 bits per heavy atom. The average molecular weight is 545 g/mol. The van der Waals surface area contributed by atoms with Crippen molar-refractivity contribution in [2.75, 3.05) is 13.1 Å². The van der Waals surface area contributed by atoms with Crippen molar-refractivity contribution in [3.63, 3.8) is 0 Å². The van der Waals surface area contributed by atoms with E-state index >= 15 is 0 Å². The summed E-state index contributed by atoms with van der Waals surface area (Å²) in [6.07, 6.45) is 8.80. The number of amides is 2. The molecule has 8 nitrogen and oxygen atoms in total. The first-order valence-electron chi connectivity index (χ1n) is 13.2. The van der Waals surface area contributed by atoms with Crippen LogP contribution in [0.4, 0.5) is 0 Å². The molecule has 1 spiro atoms. The van der Waals surface area contributed by atoms with Gasteiger partial charge in [0, 0.05) is 37.1 Å². The Labute approximate surface area is 231 Å². The maximum absolute atomic E-state index is 12.9. The van der Waals surface area contributed by atoms with E-state index in [9.17, 15) is 14.4 Å². The van der Waals surface area contributed by atoms with Crippen molar-refractivity contribution < 1.29 is 14.3 Å². The number of nitrogens with zero attached hydrogens (tertiary/aromatic N) is 3. The molecule has 0 radical (unpaired) electrons. The SMILES string of the molecule is O=C1CC2(CCN(Cc3ccc4c(c3)CCC(n3ccc(OCc5ccc(Cl)cn5)cc3=O)=C4)CC2)C(=O)N1. The topological polar surface area (TPSA) is 93.5 Å². The van der Waals surface area contributed by atoms with E-state index in [0.29, 0.717) is 17.2 Å². The first kappa shape index (κ1) is 25.5. The number of hydrogen-bond acceptors (Lipinski definition) is 6. The highest BCUT2D eigenvalue weighted by molar-refractivity contribution is 6.30.